The Morgan fingerprint density at radius 3 is 2.40 bits per heavy atom. The van der Waals surface area contributed by atoms with Crippen LogP contribution in [0.15, 0.2) is 30.3 Å². The van der Waals surface area contributed by atoms with Crippen LogP contribution in [-0.2, 0) is 4.79 Å². The van der Waals surface area contributed by atoms with E-state index in [1.165, 1.54) is 24.1 Å². The fraction of sp³-hybridized carbons (Fsp3) is 0.333. The van der Waals surface area contributed by atoms with Gasteiger partial charge in [0.25, 0.3) is 5.91 Å². The Labute approximate surface area is 191 Å². The van der Waals surface area contributed by atoms with E-state index in [1.54, 1.807) is 18.2 Å². The summed E-state index contributed by atoms with van der Waals surface area (Å²) in [6.45, 7) is 4.37. The molecule has 30 heavy (non-hydrogen) atoms. The lowest BCUT2D eigenvalue weighted by atomic mass is 10.1. The van der Waals surface area contributed by atoms with Crippen LogP contribution in [0.3, 0.4) is 0 Å². The molecule has 9 heteroatoms. The molecule has 0 aliphatic carbocycles. The summed E-state index contributed by atoms with van der Waals surface area (Å²) in [5.74, 6) is -0.0144. The van der Waals surface area contributed by atoms with Crippen molar-refractivity contribution in [3.8, 4) is 11.5 Å². The molecule has 0 radical (unpaired) electrons. The van der Waals surface area contributed by atoms with Crippen LogP contribution in [0.4, 0.5) is 5.69 Å². The molecular formula is C21H23Cl3N2O4. The predicted molar refractivity (Wildman–Crippen MR) is 120 cm³/mol. The number of anilines is 1. The Bertz CT molecular complexity index is 921. The summed E-state index contributed by atoms with van der Waals surface area (Å²) in [6, 6.07) is 7.81. The Balaban J connectivity index is 2.21. The van der Waals surface area contributed by atoms with Crippen LogP contribution < -0.4 is 14.8 Å². The molecule has 0 aromatic heterocycles. The molecule has 0 aliphatic rings. The monoisotopic (exact) mass is 472 g/mol. The molecule has 0 unspecified atom stereocenters. The standard InChI is InChI=1S/C21H23Cl3N2O4/c1-4-8-26(12-19(27)25-17-7-6-14(22)11-15(17)23)21(28)13-9-16(24)20(30-5-2)18(10-13)29-3/h6-7,9-11H,4-5,8,12H2,1-3H3,(H,25,27). The minimum atomic E-state index is -0.384. The number of nitrogens with one attached hydrogen (secondary N) is 1. The van der Waals surface area contributed by atoms with Gasteiger partial charge in [-0.3, -0.25) is 9.59 Å². The van der Waals surface area contributed by atoms with Crippen molar-refractivity contribution >= 4 is 52.3 Å². The lowest BCUT2D eigenvalue weighted by molar-refractivity contribution is -0.116. The zero-order valence-electron chi connectivity index (χ0n) is 16.9. The fourth-order valence-electron chi connectivity index (χ4n) is 2.79. The first-order valence-corrected chi connectivity index (χ1v) is 10.5. The number of ether oxygens (including phenoxy) is 2. The molecule has 162 valence electrons. The third-order valence-corrected chi connectivity index (χ3v) is 4.91. The minimum absolute atomic E-state index is 0.154. The van der Waals surface area contributed by atoms with E-state index in [0.29, 0.717) is 52.4 Å². The van der Waals surface area contributed by atoms with Crippen molar-refractivity contribution in [2.24, 2.45) is 0 Å². The van der Waals surface area contributed by atoms with Gasteiger partial charge in [0.2, 0.25) is 5.91 Å². The molecule has 0 heterocycles. The average Bonchev–Trinajstić information content (AvgIpc) is 2.70. The smallest absolute Gasteiger partial charge is 0.254 e. The topological polar surface area (TPSA) is 67.9 Å². The van der Waals surface area contributed by atoms with Crippen molar-refractivity contribution in [3.63, 3.8) is 0 Å². The Kier molecular flexibility index (Phi) is 9.08. The van der Waals surface area contributed by atoms with Crippen LogP contribution in [0, 0.1) is 0 Å². The average molecular weight is 474 g/mol. The summed E-state index contributed by atoms with van der Waals surface area (Å²) < 4.78 is 10.8. The van der Waals surface area contributed by atoms with Gasteiger partial charge in [-0.15, -0.1) is 0 Å². The summed E-state index contributed by atoms with van der Waals surface area (Å²) in [5.41, 5.74) is 0.715. The second kappa shape index (κ2) is 11.3. The zero-order valence-corrected chi connectivity index (χ0v) is 19.2. The normalized spacial score (nSPS) is 10.5. The first-order chi connectivity index (χ1) is 14.3. The van der Waals surface area contributed by atoms with Gasteiger partial charge >= 0.3 is 0 Å². The molecule has 0 bridgehead atoms. The molecule has 0 saturated heterocycles. The highest BCUT2D eigenvalue weighted by molar-refractivity contribution is 6.36. The second-order valence-corrected chi connectivity index (χ2v) is 7.57. The Hall–Kier alpha value is -2.15. The van der Waals surface area contributed by atoms with Gasteiger partial charge in [0.1, 0.15) is 6.54 Å². The molecule has 0 fully saturated rings. The van der Waals surface area contributed by atoms with Gasteiger partial charge in [0.15, 0.2) is 11.5 Å². The number of carbonyl (C=O) groups is 2. The summed E-state index contributed by atoms with van der Waals surface area (Å²) >= 11 is 18.3. The highest BCUT2D eigenvalue weighted by Crippen LogP contribution is 2.36. The van der Waals surface area contributed by atoms with Gasteiger partial charge < -0.3 is 19.7 Å². The molecule has 2 amide bonds. The molecule has 0 atom stereocenters. The number of hydrogen-bond donors (Lipinski definition) is 1. The molecule has 1 N–H and O–H groups in total. The fourth-order valence-corrected chi connectivity index (χ4v) is 3.51. The molecule has 2 rings (SSSR count). The number of hydrogen-bond acceptors (Lipinski definition) is 4. The highest BCUT2D eigenvalue weighted by atomic mass is 35.5. The molecule has 2 aromatic rings. The summed E-state index contributed by atoms with van der Waals surface area (Å²) in [5, 5.41) is 3.73. The third kappa shape index (κ3) is 6.17. The maximum atomic E-state index is 13.1. The van der Waals surface area contributed by atoms with Crippen molar-refractivity contribution in [1.82, 2.24) is 4.90 Å². The van der Waals surface area contributed by atoms with Crippen molar-refractivity contribution in [1.29, 1.82) is 0 Å². The first-order valence-electron chi connectivity index (χ1n) is 9.35. The van der Waals surface area contributed by atoms with Crippen molar-refractivity contribution < 1.29 is 19.1 Å². The van der Waals surface area contributed by atoms with Crippen molar-refractivity contribution in [2.75, 3.05) is 32.1 Å². The van der Waals surface area contributed by atoms with E-state index in [-0.39, 0.29) is 23.4 Å². The molecular weight excluding hydrogens is 451 g/mol. The van der Waals surface area contributed by atoms with Crippen LogP contribution in [0.25, 0.3) is 0 Å². The Morgan fingerprint density at radius 2 is 1.80 bits per heavy atom. The Morgan fingerprint density at radius 1 is 1.07 bits per heavy atom. The van der Waals surface area contributed by atoms with Gasteiger partial charge in [0.05, 0.1) is 29.4 Å². The van der Waals surface area contributed by atoms with Gasteiger partial charge in [-0.2, -0.15) is 0 Å². The van der Waals surface area contributed by atoms with Crippen molar-refractivity contribution in [2.45, 2.75) is 20.3 Å². The van der Waals surface area contributed by atoms with E-state index in [4.69, 9.17) is 44.3 Å². The van der Waals surface area contributed by atoms with Gasteiger partial charge in [0, 0.05) is 17.1 Å². The SMILES string of the molecule is CCCN(CC(=O)Nc1ccc(Cl)cc1Cl)C(=O)c1cc(Cl)c(OCC)c(OC)c1. The molecule has 6 nitrogen and oxygen atoms in total. The second-order valence-electron chi connectivity index (χ2n) is 6.32. The largest absolute Gasteiger partial charge is 0.493 e. The van der Waals surface area contributed by atoms with Crippen molar-refractivity contribution in [3.05, 3.63) is 51.0 Å². The maximum Gasteiger partial charge on any atom is 0.254 e. The molecule has 2 aromatic carbocycles. The lowest BCUT2D eigenvalue weighted by Crippen LogP contribution is -2.38. The van der Waals surface area contributed by atoms with E-state index in [2.05, 4.69) is 5.32 Å². The summed E-state index contributed by atoms with van der Waals surface area (Å²) in [7, 11) is 1.47. The highest BCUT2D eigenvalue weighted by Gasteiger charge is 2.22. The zero-order chi connectivity index (χ0) is 22.3. The van der Waals surface area contributed by atoms with Crippen LogP contribution in [0.5, 0.6) is 11.5 Å². The maximum absolute atomic E-state index is 13.1. The molecule has 0 saturated carbocycles. The first kappa shape index (κ1) is 24.1. The number of carbonyl (C=O) groups excluding carboxylic acids is 2. The third-order valence-electron chi connectivity index (χ3n) is 4.09. The van der Waals surface area contributed by atoms with Gasteiger partial charge in [-0.1, -0.05) is 41.7 Å². The van der Waals surface area contributed by atoms with Crippen LogP contribution >= 0.6 is 34.8 Å². The minimum Gasteiger partial charge on any atom is -0.493 e. The molecule has 0 aliphatic heterocycles. The van der Waals surface area contributed by atoms with E-state index < -0.39 is 0 Å². The van der Waals surface area contributed by atoms with E-state index in [9.17, 15) is 9.59 Å². The van der Waals surface area contributed by atoms with Crippen LogP contribution in [0.2, 0.25) is 15.1 Å². The number of methoxy groups -OCH3 is 1. The van der Waals surface area contributed by atoms with E-state index in [0.717, 1.165) is 0 Å². The summed E-state index contributed by atoms with van der Waals surface area (Å²) in [4.78, 5) is 27.0. The van der Waals surface area contributed by atoms with Crippen LogP contribution in [-0.4, -0.2) is 43.5 Å². The van der Waals surface area contributed by atoms with Gasteiger partial charge in [-0.05, 0) is 43.7 Å². The lowest BCUT2D eigenvalue weighted by Gasteiger charge is -2.23. The predicted octanol–water partition coefficient (Wildman–Crippen LogP) is 5.55. The molecule has 0 spiro atoms. The van der Waals surface area contributed by atoms with E-state index >= 15 is 0 Å². The van der Waals surface area contributed by atoms with Crippen LogP contribution in [0.1, 0.15) is 30.6 Å². The number of nitrogens with zero attached hydrogens (tertiary/aromatic N) is 1. The number of benzene rings is 2. The quantitative estimate of drug-likeness (QED) is 0.519. The summed E-state index contributed by atoms with van der Waals surface area (Å²) in [6.07, 6.45) is 0.669. The number of amides is 2. The van der Waals surface area contributed by atoms with Gasteiger partial charge in [-0.25, -0.2) is 0 Å². The number of rotatable bonds is 9. The number of halogens is 3. The van der Waals surface area contributed by atoms with E-state index in [1.807, 2.05) is 13.8 Å².